The van der Waals surface area contributed by atoms with Crippen LogP contribution in [0.3, 0.4) is 0 Å². The lowest BCUT2D eigenvalue weighted by molar-refractivity contribution is -0.165. The Bertz CT molecular complexity index is 473. The molecular formula is C12H13NO5. The molecule has 96 valence electrons. The fraction of sp³-hybridized carbons (Fsp3) is 0.333. The van der Waals surface area contributed by atoms with Crippen molar-refractivity contribution in [1.29, 1.82) is 0 Å². The molecule has 1 aliphatic heterocycles. The van der Waals surface area contributed by atoms with Gasteiger partial charge in [-0.3, -0.25) is 4.79 Å². The van der Waals surface area contributed by atoms with Gasteiger partial charge in [0, 0.05) is 12.1 Å². The van der Waals surface area contributed by atoms with Crippen LogP contribution in [0, 0.1) is 0 Å². The van der Waals surface area contributed by atoms with Crippen molar-refractivity contribution >= 4 is 11.9 Å². The predicted molar refractivity (Wildman–Crippen MR) is 60.9 cm³/mol. The molecule has 0 spiro atoms. The molecule has 18 heavy (non-hydrogen) atoms. The Morgan fingerprint density at radius 2 is 2.17 bits per heavy atom. The highest BCUT2D eigenvalue weighted by molar-refractivity contribution is 5.81. The average Bonchev–Trinajstić information content (AvgIpc) is 2.34. The molecule has 6 nitrogen and oxygen atoms in total. The van der Waals surface area contributed by atoms with Crippen LogP contribution in [0.1, 0.15) is 5.56 Å². The first-order chi connectivity index (χ1) is 8.58. The second kappa shape index (κ2) is 5.05. The third kappa shape index (κ3) is 2.60. The third-order valence-electron chi connectivity index (χ3n) is 2.78. The van der Waals surface area contributed by atoms with Crippen LogP contribution in [0.2, 0.25) is 0 Å². The summed E-state index contributed by atoms with van der Waals surface area (Å²) in [6, 6.07) is 6.64. The number of morpholine rings is 1. The number of hydrogen-bond acceptors (Lipinski definition) is 4. The van der Waals surface area contributed by atoms with E-state index in [1.807, 2.05) is 0 Å². The number of aromatic hydroxyl groups is 1. The van der Waals surface area contributed by atoms with Gasteiger partial charge in [-0.15, -0.1) is 0 Å². The highest BCUT2D eigenvalue weighted by Gasteiger charge is 2.31. The van der Waals surface area contributed by atoms with Crippen LogP contribution in [0.15, 0.2) is 24.3 Å². The van der Waals surface area contributed by atoms with Crippen LogP contribution < -0.4 is 0 Å². The summed E-state index contributed by atoms with van der Waals surface area (Å²) >= 11 is 0. The van der Waals surface area contributed by atoms with Crippen molar-refractivity contribution in [3.05, 3.63) is 29.8 Å². The number of phenolic OH excluding ortho intramolecular Hbond substituents is 1. The molecule has 0 aromatic heterocycles. The lowest BCUT2D eigenvalue weighted by atomic mass is 10.1. The Balaban J connectivity index is 2.10. The minimum Gasteiger partial charge on any atom is -0.508 e. The maximum Gasteiger partial charge on any atom is 0.334 e. The summed E-state index contributed by atoms with van der Waals surface area (Å²) in [5, 5.41) is 18.5. The minimum atomic E-state index is -1.09. The van der Waals surface area contributed by atoms with Gasteiger partial charge in [-0.1, -0.05) is 18.2 Å². The largest absolute Gasteiger partial charge is 0.508 e. The van der Waals surface area contributed by atoms with E-state index in [4.69, 9.17) is 9.84 Å². The molecule has 1 aliphatic rings. The van der Waals surface area contributed by atoms with E-state index < -0.39 is 12.1 Å². The predicted octanol–water partition coefficient (Wildman–Crippen LogP) is 0.204. The number of aliphatic carboxylic acids is 1. The molecule has 1 aromatic carbocycles. The molecule has 2 N–H and O–H groups in total. The number of ether oxygens (including phenoxy) is 1. The van der Waals surface area contributed by atoms with E-state index in [2.05, 4.69) is 0 Å². The lowest BCUT2D eigenvalue weighted by Gasteiger charge is -2.30. The molecule has 0 aliphatic carbocycles. The topological polar surface area (TPSA) is 87.1 Å². The Hall–Kier alpha value is -2.08. The minimum absolute atomic E-state index is 0.0114. The van der Waals surface area contributed by atoms with Crippen molar-refractivity contribution in [2.45, 2.75) is 12.6 Å². The third-order valence-corrected chi connectivity index (χ3v) is 2.78. The van der Waals surface area contributed by atoms with Crippen LogP contribution in [-0.2, 0) is 20.9 Å². The van der Waals surface area contributed by atoms with Gasteiger partial charge in [0.1, 0.15) is 12.4 Å². The van der Waals surface area contributed by atoms with E-state index in [1.54, 1.807) is 18.2 Å². The summed E-state index contributed by atoms with van der Waals surface area (Å²) in [6.07, 6.45) is -1.01. The summed E-state index contributed by atoms with van der Waals surface area (Å²) in [5.74, 6) is -1.29. The fourth-order valence-corrected chi connectivity index (χ4v) is 1.77. The van der Waals surface area contributed by atoms with Gasteiger partial charge in [0.05, 0.1) is 6.54 Å². The van der Waals surface area contributed by atoms with E-state index in [1.165, 1.54) is 11.0 Å². The first-order valence-electron chi connectivity index (χ1n) is 5.47. The molecular weight excluding hydrogens is 238 g/mol. The van der Waals surface area contributed by atoms with Crippen LogP contribution >= 0.6 is 0 Å². The van der Waals surface area contributed by atoms with Crippen molar-refractivity contribution in [3.63, 3.8) is 0 Å². The second-order valence-corrected chi connectivity index (χ2v) is 4.04. The molecule has 1 amide bonds. The van der Waals surface area contributed by atoms with E-state index in [-0.39, 0.29) is 31.4 Å². The molecule has 1 heterocycles. The van der Waals surface area contributed by atoms with Crippen LogP contribution in [0.25, 0.3) is 0 Å². The number of benzene rings is 1. The van der Waals surface area contributed by atoms with E-state index in [0.717, 1.165) is 0 Å². The molecule has 6 heteroatoms. The molecule has 1 unspecified atom stereocenters. The summed E-state index contributed by atoms with van der Waals surface area (Å²) in [4.78, 5) is 23.8. The molecule has 0 saturated carbocycles. The fourth-order valence-electron chi connectivity index (χ4n) is 1.77. The van der Waals surface area contributed by atoms with Gasteiger partial charge >= 0.3 is 5.97 Å². The number of carboxylic acid groups (broad SMARTS) is 1. The Labute approximate surface area is 103 Å². The highest BCUT2D eigenvalue weighted by atomic mass is 16.5. The maximum atomic E-state index is 11.6. The lowest BCUT2D eigenvalue weighted by Crippen LogP contribution is -2.49. The van der Waals surface area contributed by atoms with Crippen LogP contribution in [-0.4, -0.2) is 46.2 Å². The Kier molecular flexibility index (Phi) is 3.47. The number of carboxylic acids is 1. The summed E-state index contributed by atoms with van der Waals surface area (Å²) < 4.78 is 4.90. The summed E-state index contributed by atoms with van der Waals surface area (Å²) in [6.45, 7) is -0.0777. The van der Waals surface area contributed by atoms with Gasteiger partial charge < -0.3 is 19.8 Å². The van der Waals surface area contributed by atoms with Crippen molar-refractivity contribution in [2.75, 3.05) is 13.2 Å². The Morgan fingerprint density at radius 3 is 2.83 bits per heavy atom. The molecule has 1 atom stereocenters. The van der Waals surface area contributed by atoms with Gasteiger partial charge in [-0.2, -0.15) is 0 Å². The number of para-hydroxylation sites is 1. The number of phenols is 1. The standard InChI is InChI=1S/C12H13NO5/c14-9-4-2-1-3-8(9)5-13-6-10(12(16)17)18-7-11(13)15/h1-4,10,14H,5-7H2,(H,16,17). The normalized spacial score (nSPS) is 19.9. The van der Waals surface area contributed by atoms with E-state index in [0.29, 0.717) is 5.56 Å². The summed E-state index contributed by atoms with van der Waals surface area (Å²) in [7, 11) is 0. The van der Waals surface area contributed by atoms with Crippen LogP contribution in [0.4, 0.5) is 0 Å². The van der Waals surface area contributed by atoms with Crippen LogP contribution in [0.5, 0.6) is 5.75 Å². The maximum absolute atomic E-state index is 11.6. The SMILES string of the molecule is O=C(O)C1CN(Cc2ccccc2O)C(=O)CO1. The summed E-state index contributed by atoms with van der Waals surface area (Å²) in [5.41, 5.74) is 0.580. The number of carbonyl (C=O) groups is 2. The molecule has 1 saturated heterocycles. The first-order valence-corrected chi connectivity index (χ1v) is 5.47. The van der Waals surface area contributed by atoms with Gasteiger partial charge in [0.15, 0.2) is 6.10 Å². The number of amides is 1. The zero-order valence-corrected chi connectivity index (χ0v) is 9.57. The molecule has 1 aromatic rings. The highest BCUT2D eigenvalue weighted by Crippen LogP contribution is 2.19. The number of rotatable bonds is 3. The molecule has 0 radical (unpaired) electrons. The van der Waals surface area contributed by atoms with Gasteiger partial charge in [0.25, 0.3) is 0 Å². The molecule has 1 fully saturated rings. The zero-order valence-electron chi connectivity index (χ0n) is 9.57. The first kappa shape index (κ1) is 12.4. The van der Waals surface area contributed by atoms with E-state index in [9.17, 15) is 14.7 Å². The zero-order chi connectivity index (χ0) is 13.1. The molecule has 2 rings (SSSR count). The quantitative estimate of drug-likeness (QED) is 0.801. The smallest absolute Gasteiger partial charge is 0.334 e. The van der Waals surface area contributed by atoms with Crippen molar-refractivity contribution in [2.24, 2.45) is 0 Å². The van der Waals surface area contributed by atoms with Gasteiger partial charge in [-0.25, -0.2) is 4.79 Å². The number of hydrogen-bond donors (Lipinski definition) is 2. The second-order valence-electron chi connectivity index (χ2n) is 4.04. The van der Waals surface area contributed by atoms with Crippen molar-refractivity contribution in [1.82, 2.24) is 4.90 Å². The number of nitrogens with zero attached hydrogens (tertiary/aromatic N) is 1. The van der Waals surface area contributed by atoms with Crippen molar-refractivity contribution < 1.29 is 24.5 Å². The average molecular weight is 251 g/mol. The van der Waals surface area contributed by atoms with Gasteiger partial charge in [-0.05, 0) is 6.07 Å². The van der Waals surface area contributed by atoms with Gasteiger partial charge in [0.2, 0.25) is 5.91 Å². The molecule has 0 bridgehead atoms. The number of carbonyl (C=O) groups excluding carboxylic acids is 1. The Morgan fingerprint density at radius 1 is 1.44 bits per heavy atom. The monoisotopic (exact) mass is 251 g/mol. The van der Waals surface area contributed by atoms with Crippen molar-refractivity contribution in [3.8, 4) is 5.75 Å². The van der Waals surface area contributed by atoms with E-state index >= 15 is 0 Å².